The van der Waals surface area contributed by atoms with Gasteiger partial charge in [0.2, 0.25) is 0 Å². The molecule has 10 heteroatoms. The Morgan fingerprint density at radius 1 is 1.16 bits per heavy atom. The largest absolute Gasteiger partial charge is 0.496 e. The fourth-order valence-corrected chi connectivity index (χ4v) is 5.04. The first-order valence-corrected chi connectivity index (χ1v) is 12.5. The lowest BCUT2D eigenvalue weighted by molar-refractivity contribution is -0.143. The molecule has 1 aromatic heterocycles. The van der Waals surface area contributed by atoms with E-state index >= 15 is 0 Å². The van der Waals surface area contributed by atoms with E-state index in [2.05, 4.69) is 4.99 Å². The van der Waals surface area contributed by atoms with Crippen LogP contribution < -0.4 is 9.54 Å². The zero-order chi connectivity index (χ0) is 23.5. The highest BCUT2D eigenvalue weighted by Crippen LogP contribution is 2.22. The number of ether oxygens (including phenoxy) is 2. The molecule has 170 valence electrons. The van der Waals surface area contributed by atoms with Gasteiger partial charge in [-0.1, -0.05) is 23.5 Å². The number of methoxy groups -OCH3 is 1. The van der Waals surface area contributed by atoms with Gasteiger partial charge in [0.25, 0.3) is 5.91 Å². The maximum atomic E-state index is 12.7. The quantitative estimate of drug-likeness (QED) is 0.486. The van der Waals surface area contributed by atoms with E-state index in [4.69, 9.17) is 9.47 Å². The van der Waals surface area contributed by atoms with Gasteiger partial charge in [0.1, 0.15) is 12.3 Å². The van der Waals surface area contributed by atoms with Crippen molar-refractivity contribution in [3.63, 3.8) is 0 Å². The van der Waals surface area contributed by atoms with Gasteiger partial charge in [-0.3, -0.25) is 9.59 Å². The van der Waals surface area contributed by atoms with Crippen molar-refractivity contribution in [2.24, 2.45) is 4.99 Å². The fraction of sp³-hybridized carbons (Fsp3) is 0.318. The van der Waals surface area contributed by atoms with E-state index in [0.29, 0.717) is 15.0 Å². The summed E-state index contributed by atoms with van der Waals surface area (Å²) < 4.78 is 36.3. The third-order valence-electron chi connectivity index (χ3n) is 4.71. The molecule has 0 aliphatic carbocycles. The number of aryl methyl sites for hydroxylation is 1. The Morgan fingerprint density at radius 2 is 1.91 bits per heavy atom. The Morgan fingerprint density at radius 3 is 2.53 bits per heavy atom. The lowest BCUT2D eigenvalue weighted by Crippen LogP contribution is -2.23. The van der Waals surface area contributed by atoms with Crippen LogP contribution in [0.5, 0.6) is 5.75 Å². The number of fused-ring (bicyclic) bond motifs is 1. The van der Waals surface area contributed by atoms with E-state index in [1.807, 2.05) is 13.0 Å². The number of hydrogen-bond acceptors (Lipinski definition) is 7. The molecule has 0 fully saturated rings. The van der Waals surface area contributed by atoms with E-state index < -0.39 is 15.8 Å². The third-order valence-corrected chi connectivity index (χ3v) is 6.86. The van der Waals surface area contributed by atoms with Gasteiger partial charge in [0.15, 0.2) is 14.6 Å². The maximum absolute atomic E-state index is 12.7. The molecule has 0 bridgehead atoms. The highest BCUT2D eigenvalue weighted by molar-refractivity contribution is 7.90. The number of thiazole rings is 1. The molecule has 0 saturated heterocycles. The summed E-state index contributed by atoms with van der Waals surface area (Å²) in [6.45, 7) is 3.68. The summed E-state index contributed by atoms with van der Waals surface area (Å²) in [7, 11) is -1.82. The normalized spacial score (nSPS) is 12.2. The van der Waals surface area contributed by atoms with Crippen molar-refractivity contribution in [1.82, 2.24) is 4.57 Å². The molecule has 0 radical (unpaired) electrons. The van der Waals surface area contributed by atoms with Crippen LogP contribution in [-0.4, -0.2) is 44.8 Å². The van der Waals surface area contributed by atoms with Crippen LogP contribution in [0.1, 0.15) is 18.1 Å². The fourth-order valence-electron chi connectivity index (χ4n) is 3.23. The highest BCUT2D eigenvalue weighted by Gasteiger charge is 2.15. The van der Waals surface area contributed by atoms with Crippen molar-refractivity contribution >= 4 is 43.3 Å². The molecule has 0 aliphatic rings. The smallest absolute Gasteiger partial charge is 0.326 e. The SMILES string of the molecule is CCOC(=O)Cn1c(=NC(=O)Cc2ccc(OC)c(C)c2)sc2cc(S(C)(=O)=O)ccc21. The van der Waals surface area contributed by atoms with Crippen molar-refractivity contribution in [2.75, 3.05) is 20.0 Å². The number of carbonyl (C=O) groups excluding carboxylic acids is 2. The number of hydrogen-bond donors (Lipinski definition) is 0. The second kappa shape index (κ2) is 9.66. The monoisotopic (exact) mass is 476 g/mol. The standard InChI is InChI=1S/C22H24N2O6S2/c1-5-30-21(26)13-24-17-8-7-16(32(4,27)28)12-19(17)31-22(24)23-20(25)11-15-6-9-18(29-3)14(2)10-15/h6-10,12H,5,11,13H2,1-4H3. The first kappa shape index (κ1) is 23.7. The highest BCUT2D eigenvalue weighted by atomic mass is 32.2. The number of nitrogens with zero attached hydrogens (tertiary/aromatic N) is 2. The Balaban J connectivity index is 2.03. The molecule has 0 unspecified atom stereocenters. The Bertz CT molecular complexity index is 1350. The van der Waals surface area contributed by atoms with E-state index in [1.165, 1.54) is 12.1 Å². The molecule has 2 aromatic carbocycles. The van der Waals surface area contributed by atoms with Crippen LogP contribution in [0.15, 0.2) is 46.3 Å². The number of carbonyl (C=O) groups is 2. The average molecular weight is 477 g/mol. The second-order valence-corrected chi connectivity index (χ2v) is 10.2. The average Bonchev–Trinajstić information content (AvgIpc) is 3.03. The van der Waals surface area contributed by atoms with Crippen molar-refractivity contribution < 1.29 is 27.5 Å². The second-order valence-electron chi connectivity index (χ2n) is 7.16. The van der Waals surface area contributed by atoms with Gasteiger partial charge in [-0.2, -0.15) is 4.99 Å². The Labute approximate surface area is 190 Å². The molecular formula is C22H24N2O6S2. The van der Waals surface area contributed by atoms with Crippen LogP contribution in [0, 0.1) is 6.92 Å². The van der Waals surface area contributed by atoms with Crippen LogP contribution in [-0.2, 0) is 37.1 Å². The topological polar surface area (TPSA) is 104 Å². The molecule has 0 N–H and O–H groups in total. The van der Waals surface area contributed by atoms with E-state index in [9.17, 15) is 18.0 Å². The minimum atomic E-state index is -3.41. The van der Waals surface area contributed by atoms with Gasteiger partial charge in [-0.25, -0.2) is 8.42 Å². The van der Waals surface area contributed by atoms with E-state index in [0.717, 1.165) is 34.5 Å². The zero-order valence-electron chi connectivity index (χ0n) is 18.2. The van der Waals surface area contributed by atoms with Crippen LogP contribution in [0.4, 0.5) is 0 Å². The Hall–Kier alpha value is -2.98. The first-order chi connectivity index (χ1) is 15.1. The molecule has 8 nitrogen and oxygen atoms in total. The van der Waals surface area contributed by atoms with E-state index in [-0.39, 0.29) is 30.4 Å². The minimum absolute atomic E-state index is 0.0765. The number of sulfone groups is 1. The van der Waals surface area contributed by atoms with Crippen molar-refractivity contribution in [2.45, 2.75) is 31.7 Å². The number of amides is 1. The molecular weight excluding hydrogens is 452 g/mol. The van der Waals surface area contributed by atoms with Gasteiger partial charge in [-0.15, -0.1) is 0 Å². The summed E-state index contributed by atoms with van der Waals surface area (Å²) in [6.07, 6.45) is 1.20. The van der Waals surface area contributed by atoms with Crippen LogP contribution in [0.3, 0.4) is 0 Å². The lowest BCUT2D eigenvalue weighted by Gasteiger charge is -2.06. The van der Waals surface area contributed by atoms with Crippen molar-refractivity contribution in [3.8, 4) is 5.75 Å². The van der Waals surface area contributed by atoms with E-state index in [1.54, 1.807) is 36.8 Å². The van der Waals surface area contributed by atoms with Crippen LogP contribution in [0.2, 0.25) is 0 Å². The number of aromatic nitrogens is 1. The molecule has 3 aromatic rings. The van der Waals surface area contributed by atoms with Crippen LogP contribution in [0.25, 0.3) is 10.2 Å². The summed E-state index contributed by atoms with van der Waals surface area (Å²) in [4.78, 5) is 29.5. The van der Waals surface area contributed by atoms with Crippen LogP contribution >= 0.6 is 11.3 Å². The summed E-state index contributed by atoms with van der Waals surface area (Å²) in [5.41, 5.74) is 2.29. The van der Waals surface area contributed by atoms with Crippen molar-refractivity contribution in [3.05, 3.63) is 52.3 Å². The number of benzene rings is 2. The minimum Gasteiger partial charge on any atom is -0.496 e. The van der Waals surface area contributed by atoms with Gasteiger partial charge in [0, 0.05) is 6.26 Å². The molecule has 0 saturated carbocycles. The zero-order valence-corrected chi connectivity index (χ0v) is 19.9. The first-order valence-electron chi connectivity index (χ1n) is 9.82. The predicted octanol–water partition coefficient (Wildman–Crippen LogP) is 2.66. The molecule has 0 aliphatic heterocycles. The molecule has 0 spiro atoms. The molecule has 3 rings (SSSR count). The number of rotatable bonds is 7. The molecule has 1 heterocycles. The molecule has 0 atom stereocenters. The summed E-state index contributed by atoms with van der Waals surface area (Å²) in [5, 5.41) is 0. The van der Waals surface area contributed by atoms with Crippen molar-refractivity contribution in [1.29, 1.82) is 0 Å². The third kappa shape index (κ3) is 5.43. The lowest BCUT2D eigenvalue weighted by atomic mass is 10.1. The maximum Gasteiger partial charge on any atom is 0.326 e. The van der Waals surface area contributed by atoms with Gasteiger partial charge in [-0.05, 0) is 49.2 Å². The summed E-state index contributed by atoms with van der Waals surface area (Å²) in [5.74, 6) is -0.127. The Kier molecular flexibility index (Phi) is 7.15. The van der Waals surface area contributed by atoms with Gasteiger partial charge < -0.3 is 14.0 Å². The van der Waals surface area contributed by atoms with Gasteiger partial charge in [0.05, 0.1) is 35.2 Å². The van der Waals surface area contributed by atoms with Gasteiger partial charge >= 0.3 is 5.97 Å². The summed E-state index contributed by atoms with van der Waals surface area (Å²) in [6, 6.07) is 10.1. The predicted molar refractivity (Wildman–Crippen MR) is 122 cm³/mol. The number of esters is 1. The molecule has 1 amide bonds. The molecule has 32 heavy (non-hydrogen) atoms. The summed E-state index contributed by atoms with van der Waals surface area (Å²) >= 11 is 1.15.